The number of aryl methyl sites for hydroxylation is 1. The van der Waals surface area contributed by atoms with Crippen molar-refractivity contribution in [3.05, 3.63) is 29.8 Å². The Labute approximate surface area is 143 Å². The Morgan fingerprint density at radius 1 is 1.21 bits per heavy atom. The molecule has 0 aromatic heterocycles. The van der Waals surface area contributed by atoms with Gasteiger partial charge in [-0.2, -0.15) is 0 Å². The smallest absolute Gasteiger partial charge is 0.249 e. The second kappa shape index (κ2) is 7.79. The molecule has 0 aliphatic carbocycles. The maximum absolute atomic E-state index is 12.5. The van der Waals surface area contributed by atoms with E-state index >= 15 is 0 Å². The topological polar surface area (TPSA) is 61.4 Å². The monoisotopic (exact) mass is 329 g/mol. The zero-order valence-electron chi connectivity index (χ0n) is 14.4. The minimum atomic E-state index is -0.369. The summed E-state index contributed by atoms with van der Waals surface area (Å²) in [7, 11) is 0. The summed E-state index contributed by atoms with van der Waals surface area (Å²) in [4.78, 5) is 26.5. The second-order valence-corrected chi connectivity index (χ2v) is 6.97. The summed E-state index contributed by atoms with van der Waals surface area (Å²) in [5.74, 6) is 0.659. The van der Waals surface area contributed by atoms with Crippen LogP contribution in [0.5, 0.6) is 0 Å². The zero-order valence-corrected chi connectivity index (χ0v) is 14.4. The number of piperidine rings is 1. The lowest BCUT2D eigenvalue weighted by atomic mass is 9.93. The van der Waals surface area contributed by atoms with Crippen molar-refractivity contribution in [1.29, 1.82) is 0 Å². The Hall–Kier alpha value is -1.88. The minimum Gasteiger partial charge on any atom is -0.344 e. The van der Waals surface area contributed by atoms with Gasteiger partial charge >= 0.3 is 0 Å². The molecule has 2 amide bonds. The number of hydrogen-bond donors (Lipinski definition) is 2. The van der Waals surface area contributed by atoms with Gasteiger partial charge < -0.3 is 15.5 Å². The molecule has 1 aromatic carbocycles. The first-order valence-electron chi connectivity index (χ1n) is 9.01. The molecule has 2 N–H and O–H groups in total. The number of nitrogens with zero attached hydrogens (tertiary/aromatic N) is 1. The molecule has 5 nitrogen and oxygen atoms in total. The quantitative estimate of drug-likeness (QED) is 0.868. The van der Waals surface area contributed by atoms with Crippen molar-refractivity contribution >= 4 is 17.5 Å². The fourth-order valence-corrected chi connectivity index (χ4v) is 3.57. The van der Waals surface area contributed by atoms with E-state index in [1.165, 1.54) is 5.56 Å². The first-order valence-corrected chi connectivity index (χ1v) is 9.01. The number of rotatable bonds is 5. The Kier molecular flexibility index (Phi) is 5.51. The van der Waals surface area contributed by atoms with Crippen molar-refractivity contribution in [2.75, 3.05) is 24.5 Å². The third kappa shape index (κ3) is 4.15. The maximum atomic E-state index is 12.5. The van der Waals surface area contributed by atoms with Crippen molar-refractivity contribution in [3.8, 4) is 0 Å². The second-order valence-electron chi connectivity index (χ2n) is 6.97. The lowest BCUT2D eigenvalue weighted by Crippen LogP contribution is -2.41. The molecule has 5 heteroatoms. The van der Waals surface area contributed by atoms with E-state index in [4.69, 9.17) is 0 Å². The van der Waals surface area contributed by atoms with Crippen LogP contribution in [0.3, 0.4) is 0 Å². The summed E-state index contributed by atoms with van der Waals surface area (Å²) in [6.45, 7) is 4.81. The molecule has 0 bridgehead atoms. The lowest BCUT2D eigenvalue weighted by molar-refractivity contribution is -0.126. The van der Waals surface area contributed by atoms with Gasteiger partial charge in [0.2, 0.25) is 11.8 Å². The summed E-state index contributed by atoms with van der Waals surface area (Å²) in [6, 6.07) is 7.58. The van der Waals surface area contributed by atoms with Crippen molar-refractivity contribution in [1.82, 2.24) is 10.6 Å². The van der Waals surface area contributed by atoms with Gasteiger partial charge in [-0.1, -0.05) is 17.7 Å². The molecule has 0 saturated carbocycles. The number of nitrogens with one attached hydrogen (secondary N) is 2. The van der Waals surface area contributed by atoms with Gasteiger partial charge in [0, 0.05) is 18.7 Å². The third-order valence-electron chi connectivity index (χ3n) is 5.12. The third-order valence-corrected chi connectivity index (χ3v) is 5.12. The molecule has 24 heavy (non-hydrogen) atoms. The fraction of sp³-hybridized carbons (Fsp3) is 0.579. The summed E-state index contributed by atoms with van der Waals surface area (Å²) >= 11 is 0. The van der Waals surface area contributed by atoms with Crippen LogP contribution in [0.1, 0.15) is 37.7 Å². The predicted molar refractivity (Wildman–Crippen MR) is 94.9 cm³/mol. The van der Waals surface area contributed by atoms with Crippen LogP contribution in [0.4, 0.5) is 5.69 Å². The van der Waals surface area contributed by atoms with Crippen LogP contribution in [-0.4, -0.2) is 37.5 Å². The number of amides is 2. The van der Waals surface area contributed by atoms with E-state index in [0.717, 1.165) is 38.0 Å². The van der Waals surface area contributed by atoms with Crippen molar-refractivity contribution in [2.45, 2.75) is 45.1 Å². The number of hydrogen-bond acceptors (Lipinski definition) is 3. The van der Waals surface area contributed by atoms with Crippen LogP contribution < -0.4 is 15.5 Å². The molecule has 2 saturated heterocycles. The van der Waals surface area contributed by atoms with Gasteiger partial charge in [-0.05, 0) is 63.7 Å². The van der Waals surface area contributed by atoms with E-state index in [2.05, 4.69) is 10.6 Å². The minimum absolute atomic E-state index is 0.00840. The molecule has 3 rings (SSSR count). The SMILES string of the molecule is Cc1ccc(N2CCC(NC(=O)CCC3CCNCC3)C2=O)cc1. The van der Waals surface area contributed by atoms with Gasteiger partial charge in [-0.15, -0.1) is 0 Å². The van der Waals surface area contributed by atoms with Crippen LogP contribution in [0.2, 0.25) is 0 Å². The number of anilines is 1. The molecule has 2 aliphatic rings. The van der Waals surface area contributed by atoms with Crippen molar-refractivity contribution < 1.29 is 9.59 Å². The summed E-state index contributed by atoms with van der Waals surface area (Å²) in [6.07, 6.45) is 4.44. The molecule has 2 fully saturated rings. The van der Waals surface area contributed by atoms with Crippen molar-refractivity contribution in [3.63, 3.8) is 0 Å². The molecular weight excluding hydrogens is 302 g/mol. The molecule has 0 spiro atoms. The average molecular weight is 329 g/mol. The largest absolute Gasteiger partial charge is 0.344 e. The highest BCUT2D eigenvalue weighted by Crippen LogP contribution is 2.22. The summed E-state index contributed by atoms with van der Waals surface area (Å²) in [5, 5.41) is 6.27. The molecule has 1 atom stereocenters. The van der Waals surface area contributed by atoms with E-state index in [1.807, 2.05) is 31.2 Å². The molecule has 1 unspecified atom stereocenters. The molecular formula is C19H27N3O2. The normalized spacial score (nSPS) is 22.0. The maximum Gasteiger partial charge on any atom is 0.249 e. The highest BCUT2D eigenvalue weighted by atomic mass is 16.2. The van der Waals surface area contributed by atoms with E-state index in [0.29, 0.717) is 25.3 Å². The van der Waals surface area contributed by atoms with E-state index < -0.39 is 0 Å². The number of carbonyl (C=O) groups excluding carboxylic acids is 2. The average Bonchev–Trinajstić information content (AvgIpc) is 2.95. The van der Waals surface area contributed by atoms with Gasteiger partial charge in [0.15, 0.2) is 0 Å². The zero-order chi connectivity index (χ0) is 16.9. The molecule has 2 heterocycles. The summed E-state index contributed by atoms with van der Waals surface area (Å²) in [5.41, 5.74) is 2.09. The van der Waals surface area contributed by atoms with Gasteiger partial charge in [-0.3, -0.25) is 9.59 Å². The molecule has 2 aliphatic heterocycles. The Bertz CT molecular complexity index is 579. The summed E-state index contributed by atoms with van der Waals surface area (Å²) < 4.78 is 0. The van der Waals surface area contributed by atoms with Crippen LogP contribution in [0, 0.1) is 12.8 Å². The van der Waals surface area contributed by atoms with E-state index in [-0.39, 0.29) is 17.9 Å². The van der Waals surface area contributed by atoms with Crippen LogP contribution in [0.25, 0.3) is 0 Å². The Morgan fingerprint density at radius 2 is 1.92 bits per heavy atom. The van der Waals surface area contributed by atoms with Gasteiger partial charge in [0.05, 0.1) is 0 Å². The predicted octanol–water partition coefficient (Wildman–Crippen LogP) is 2.00. The van der Waals surface area contributed by atoms with Gasteiger partial charge in [0.1, 0.15) is 6.04 Å². The van der Waals surface area contributed by atoms with Crippen LogP contribution in [0.15, 0.2) is 24.3 Å². The van der Waals surface area contributed by atoms with E-state index in [9.17, 15) is 9.59 Å². The fourth-order valence-electron chi connectivity index (χ4n) is 3.57. The lowest BCUT2D eigenvalue weighted by Gasteiger charge is -2.22. The Morgan fingerprint density at radius 3 is 2.62 bits per heavy atom. The number of carbonyl (C=O) groups is 2. The number of benzene rings is 1. The standard InChI is InChI=1S/C19H27N3O2/c1-14-2-5-16(6-3-14)22-13-10-17(19(22)24)21-18(23)7-4-15-8-11-20-12-9-15/h2-3,5-6,15,17,20H,4,7-13H2,1H3,(H,21,23). The van der Waals surface area contributed by atoms with Crippen molar-refractivity contribution in [2.24, 2.45) is 5.92 Å². The van der Waals surface area contributed by atoms with Gasteiger partial charge in [-0.25, -0.2) is 0 Å². The first kappa shape index (κ1) is 17.0. The highest BCUT2D eigenvalue weighted by molar-refractivity contribution is 6.01. The van der Waals surface area contributed by atoms with Gasteiger partial charge in [0.25, 0.3) is 0 Å². The first-order chi connectivity index (χ1) is 11.6. The highest BCUT2D eigenvalue weighted by Gasteiger charge is 2.33. The molecule has 0 radical (unpaired) electrons. The molecule has 130 valence electrons. The van der Waals surface area contributed by atoms with Crippen LogP contribution >= 0.6 is 0 Å². The van der Waals surface area contributed by atoms with E-state index in [1.54, 1.807) is 4.90 Å². The van der Waals surface area contributed by atoms with Crippen LogP contribution in [-0.2, 0) is 9.59 Å². The Balaban J connectivity index is 1.48. The molecule has 1 aromatic rings.